The van der Waals surface area contributed by atoms with Gasteiger partial charge in [0.15, 0.2) is 0 Å². The van der Waals surface area contributed by atoms with Gasteiger partial charge in [-0.05, 0) is 24.3 Å². The lowest BCUT2D eigenvalue weighted by molar-refractivity contribution is -0.113. The first-order valence-electron chi connectivity index (χ1n) is 3.52. The topological polar surface area (TPSA) is 43.1 Å². The number of hydrogen-bond donors (Lipinski definition) is 1. The van der Waals surface area contributed by atoms with Gasteiger partial charge >= 0.3 is 0 Å². The molecular formula is C9H7ClFNO. The average molecular weight is 200 g/mol. The van der Waals surface area contributed by atoms with Gasteiger partial charge in [-0.1, -0.05) is 11.6 Å². The quantitative estimate of drug-likeness (QED) is 0.728. The number of benzene rings is 1. The molecule has 0 atom stereocenters. The van der Waals surface area contributed by atoms with Gasteiger partial charge in [0.1, 0.15) is 5.82 Å². The van der Waals surface area contributed by atoms with Crippen molar-refractivity contribution < 1.29 is 9.18 Å². The standard InChI is InChI=1S/C9H7ClFNO/c10-7-2-3-8(11)6(5-7)1-4-9(12)13/h1-5H,(H2,12,13)/b4-1+. The molecule has 0 saturated heterocycles. The van der Waals surface area contributed by atoms with Crippen LogP contribution in [0.4, 0.5) is 4.39 Å². The van der Waals surface area contributed by atoms with Gasteiger partial charge in [-0.25, -0.2) is 4.39 Å². The first-order valence-corrected chi connectivity index (χ1v) is 3.90. The van der Waals surface area contributed by atoms with E-state index in [1.807, 2.05) is 0 Å². The zero-order chi connectivity index (χ0) is 9.84. The summed E-state index contributed by atoms with van der Waals surface area (Å²) in [5, 5.41) is 0.408. The van der Waals surface area contributed by atoms with Gasteiger partial charge in [0, 0.05) is 16.7 Å². The predicted octanol–water partition coefficient (Wildman–Crippen LogP) is 1.98. The Balaban J connectivity index is 3.00. The predicted molar refractivity (Wildman–Crippen MR) is 49.6 cm³/mol. The van der Waals surface area contributed by atoms with Crippen LogP contribution in [0.25, 0.3) is 6.08 Å². The fraction of sp³-hybridized carbons (Fsp3) is 0. The summed E-state index contributed by atoms with van der Waals surface area (Å²) in [4.78, 5) is 10.3. The van der Waals surface area contributed by atoms with Crippen molar-refractivity contribution in [1.82, 2.24) is 0 Å². The van der Waals surface area contributed by atoms with Gasteiger partial charge in [0.25, 0.3) is 0 Å². The fourth-order valence-corrected chi connectivity index (χ4v) is 0.995. The van der Waals surface area contributed by atoms with E-state index in [9.17, 15) is 9.18 Å². The second kappa shape index (κ2) is 4.05. The summed E-state index contributed by atoms with van der Waals surface area (Å²) in [6.45, 7) is 0. The molecule has 2 nitrogen and oxygen atoms in total. The molecule has 13 heavy (non-hydrogen) atoms. The molecule has 2 N–H and O–H groups in total. The molecule has 0 spiro atoms. The smallest absolute Gasteiger partial charge is 0.241 e. The number of rotatable bonds is 2. The van der Waals surface area contributed by atoms with E-state index in [2.05, 4.69) is 0 Å². The highest BCUT2D eigenvalue weighted by Gasteiger charge is 1.98. The van der Waals surface area contributed by atoms with Crippen LogP contribution in [0.15, 0.2) is 24.3 Å². The summed E-state index contributed by atoms with van der Waals surface area (Å²) in [7, 11) is 0. The Labute approximate surface area is 79.8 Å². The molecule has 1 rings (SSSR count). The van der Waals surface area contributed by atoms with E-state index in [4.69, 9.17) is 17.3 Å². The van der Waals surface area contributed by atoms with Crippen molar-refractivity contribution in [3.8, 4) is 0 Å². The van der Waals surface area contributed by atoms with E-state index < -0.39 is 11.7 Å². The minimum atomic E-state index is -0.626. The van der Waals surface area contributed by atoms with Crippen molar-refractivity contribution in [3.63, 3.8) is 0 Å². The van der Waals surface area contributed by atoms with Gasteiger partial charge in [0.05, 0.1) is 0 Å². The summed E-state index contributed by atoms with van der Waals surface area (Å²) in [5.74, 6) is -1.07. The minimum absolute atomic E-state index is 0.242. The lowest BCUT2D eigenvalue weighted by Crippen LogP contribution is -2.05. The molecule has 0 aromatic heterocycles. The summed E-state index contributed by atoms with van der Waals surface area (Å²) in [5.41, 5.74) is 5.09. The first kappa shape index (κ1) is 9.74. The molecular weight excluding hydrogens is 193 g/mol. The first-order chi connectivity index (χ1) is 6.09. The second-order valence-electron chi connectivity index (χ2n) is 2.40. The molecule has 0 unspecified atom stereocenters. The Kier molecular flexibility index (Phi) is 3.03. The Hall–Kier alpha value is -1.35. The molecule has 1 aromatic rings. The van der Waals surface area contributed by atoms with Crippen molar-refractivity contribution in [2.24, 2.45) is 5.73 Å². The van der Waals surface area contributed by atoms with Crippen LogP contribution in [0.2, 0.25) is 5.02 Å². The van der Waals surface area contributed by atoms with Crippen LogP contribution in [0.3, 0.4) is 0 Å². The van der Waals surface area contributed by atoms with Gasteiger partial charge in [-0.15, -0.1) is 0 Å². The Morgan fingerprint density at radius 3 is 2.85 bits per heavy atom. The molecule has 0 radical (unpaired) electrons. The third-order valence-electron chi connectivity index (χ3n) is 1.39. The zero-order valence-electron chi connectivity index (χ0n) is 6.63. The number of hydrogen-bond acceptors (Lipinski definition) is 1. The number of nitrogens with two attached hydrogens (primary N) is 1. The molecule has 0 fully saturated rings. The van der Waals surface area contributed by atoms with E-state index in [1.165, 1.54) is 24.3 Å². The second-order valence-corrected chi connectivity index (χ2v) is 2.84. The highest BCUT2D eigenvalue weighted by molar-refractivity contribution is 6.30. The normalized spacial score (nSPS) is 10.6. The third-order valence-corrected chi connectivity index (χ3v) is 1.62. The molecule has 0 aliphatic carbocycles. The SMILES string of the molecule is NC(=O)/C=C/c1cc(Cl)ccc1F. The lowest BCUT2D eigenvalue weighted by atomic mass is 10.2. The fourth-order valence-electron chi connectivity index (χ4n) is 0.814. The van der Waals surface area contributed by atoms with E-state index in [0.717, 1.165) is 6.08 Å². The Morgan fingerprint density at radius 2 is 2.23 bits per heavy atom. The summed E-state index contributed by atoms with van der Waals surface area (Å²) >= 11 is 5.62. The maximum absolute atomic E-state index is 13.0. The third kappa shape index (κ3) is 2.87. The average Bonchev–Trinajstić information content (AvgIpc) is 2.06. The monoisotopic (exact) mass is 199 g/mol. The maximum Gasteiger partial charge on any atom is 0.241 e. The number of primary amides is 1. The van der Waals surface area contributed by atoms with Crippen LogP contribution in [-0.4, -0.2) is 5.91 Å². The van der Waals surface area contributed by atoms with Crippen LogP contribution < -0.4 is 5.73 Å². The van der Waals surface area contributed by atoms with E-state index in [0.29, 0.717) is 5.02 Å². The Bertz CT molecular complexity index is 363. The molecule has 0 bridgehead atoms. The lowest BCUT2D eigenvalue weighted by Gasteiger charge is -1.96. The molecule has 0 saturated carbocycles. The number of carbonyl (C=O) groups excluding carboxylic acids is 1. The molecule has 1 aromatic carbocycles. The van der Waals surface area contributed by atoms with Crippen molar-refractivity contribution in [3.05, 3.63) is 40.7 Å². The highest BCUT2D eigenvalue weighted by atomic mass is 35.5. The molecule has 1 amide bonds. The summed E-state index contributed by atoms with van der Waals surface area (Å²) < 4.78 is 13.0. The molecule has 0 aliphatic heterocycles. The number of carbonyl (C=O) groups is 1. The maximum atomic E-state index is 13.0. The number of halogens is 2. The van der Waals surface area contributed by atoms with Gasteiger partial charge < -0.3 is 5.73 Å². The number of amides is 1. The minimum Gasteiger partial charge on any atom is -0.366 e. The van der Waals surface area contributed by atoms with Crippen molar-refractivity contribution in [2.75, 3.05) is 0 Å². The van der Waals surface area contributed by atoms with Crippen molar-refractivity contribution in [2.45, 2.75) is 0 Å². The van der Waals surface area contributed by atoms with Gasteiger partial charge in [-0.3, -0.25) is 4.79 Å². The van der Waals surface area contributed by atoms with E-state index >= 15 is 0 Å². The van der Waals surface area contributed by atoms with E-state index in [-0.39, 0.29) is 5.56 Å². The van der Waals surface area contributed by atoms with Crippen LogP contribution in [0, 0.1) is 5.82 Å². The molecule has 4 heteroatoms. The van der Waals surface area contributed by atoms with Crippen LogP contribution >= 0.6 is 11.6 Å². The van der Waals surface area contributed by atoms with Crippen molar-refractivity contribution >= 4 is 23.6 Å². The van der Waals surface area contributed by atoms with Crippen LogP contribution in [0.1, 0.15) is 5.56 Å². The largest absolute Gasteiger partial charge is 0.366 e. The van der Waals surface area contributed by atoms with Gasteiger partial charge in [0.2, 0.25) is 5.91 Å². The molecule has 0 aliphatic rings. The van der Waals surface area contributed by atoms with E-state index in [1.54, 1.807) is 0 Å². The summed E-state index contributed by atoms with van der Waals surface area (Å²) in [6, 6.07) is 4.07. The van der Waals surface area contributed by atoms with Crippen LogP contribution in [0.5, 0.6) is 0 Å². The Morgan fingerprint density at radius 1 is 1.54 bits per heavy atom. The summed E-state index contributed by atoms with van der Waals surface area (Å²) in [6.07, 6.45) is 2.36. The van der Waals surface area contributed by atoms with Crippen molar-refractivity contribution in [1.29, 1.82) is 0 Å². The van der Waals surface area contributed by atoms with Crippen LogP contribution in [-0.2, 0) is 4.79 Å². The zero-order valence-corrected chi connectivity index (χ0v) is 7.38. The molecule has 0 heterocycles. The molecule has 68 valence electrons. The van der Waals surface area contributed by atoms with Gasteiger partial charge in [-0.2, -0.15) is 0 Å². The highest BCUT2D eigenvalue weighted by Crippen LogP contribution is 2.15.